The van der Waals surface area contributed by atoms with E-state index < -0.39 is 5.82 Å². The number of piperidine rings is 1. The molecule has 8 nitrogen and oxygen atoms in total. The predicted octanol–water partition coefficient (Wildman–Crippen LogP) is 3.24. The second-order valence-electron chi connectivity index (χ2n) is 7.74. The number of halogens is 1. The summed E-state index contributed by atoms with van der Waals surface area (Å²) >= 11 is 0. The molecule has 0 spiro atoms. The average Bonchev–Trinajstić information content (AvgIpc) is 2.84. The molecule has 2 heterocycles. The molecule has 1 saturated heterocycles. The van der Waals surface area contributed by atoms with Crippen LogP contribution < -0.4 is 25.2 Å². The van der Waals surface area contributed by atoms with Gasteiger partial charge in [0.15, 0.2) is 0 Å². The molecule has 0 atom stereocenters. The van der Waals surface area contributed by atoms with E-state index in [1.54, 1.807) is 44.6 Å². The summed E-state index contributed by atoms with van der Waals surface area (Å²) < 4.78 is 25.3. The molecule has 4 rings (SSSR count). The maximum Gasteiger partial charge on any atom is 0.271 e. The Bertz CT molecular complexity index is 1210. The Balaban J connectivity index is 1.42. The molecule has 1 aliphatic rings. The Morgan fingerprint density at radius 1 is 1.06 bits per heavy atom. The predicted molar refractivity (Wildman–Crippen MR) is 123 cm³/mol. The van der Waals surface area contributed by atoms with E-state index in [1.165, 1.54) is 28.9 Å². The number of nitrogens with zero attached hydrogens (tertiary/aromatic N) is 3. The van der Waals surface area contributed by atoms with Crippen LogP contribution in [0, 0.1) is 11.7 Å². The molecule has 1 amide bonds. The summed E-state index contributed by atoms with van der Waals surface area (Å²) in [4.78, 5) is 27.1. The Hall–Kier alpha value is -3.88. The standard InChI is InChI=1S/C24H25FN4O4/c1-32-19-6-7-20(21(15-19)33-2)26-24(31)16-10-12-28(13-11-16)22-8-9-23(30)29(27-22)18-5-3-4-17(25)14-18/h3-9,14-16H,10-13H2,1-2H3,(H,26,31). The van der Waals surface area contributed by atoms with Crippen molar-refractivity contribution in [2.24, 2.45) is 5.92 Å². The zero-order valence-electron chi connectivity index (χ0n) is 18.5. The van der Waals surface area contributed by atoms with Crippen molar-refractivity contribution in [1.29, 1.82) is 0 Å². The van der Waals surface area contributed by atoms with Crippen LogP contribution in [0.5, 0.6) is 11.5 Å². The summed E-state index contributed by atoms with van der Waals surface area (Å²) in [6.45, 7) is 1.21. The van der Waals surface area contributed by atoms with Crippen molar-refractivity contribution >= 4 is 17.4 Å². The van der Waals surface area contributed by atoms with E-state index in [-0.39, 0.29) is 17.4 Å². The van der Waals surface area contributed by atoms with Gasteiger partial charge >= 0.3 is 0 Å². The van der Waals surface area contributed by atoms with E-state index in [9.17, 15) is 14.0 Å². The number of methoxy groups -OCH3 is 2. The van der Waals surface area contributed by atoms with Crippen LogP contribution in [0.3, 0.4) is 0 Å². The van der Waals surface area contributed by atoms with Crippen molar-refractivity contribution in [3.8, 4) is 17.2 Å². The molecule has 1 N–H and O–H groups in total. The molecular weight excluding hydrogens is 427 g/mol. The van der Waals surface area contributed by atoms with Gasteiger partial charge in [0.1, 0.15) is 23.1 Å². The van der Waals surface area contributed by atoms with Gasteiger partial charge in [-0.15, -0.1) is 5.10 Å². The number of aromatic nitrogens is 2. The average molecular weight is 452 g/mol. The second-order valence-corrected chi connectivity index (χ2v) is 7.74. The second kappa shape index (κ2) is 9.72. The smallest absolute Gasteiger partial charge is 0.271 e. The lowest BCUT2D eigenvalue weighted by Gasteiger charge is -2.32. The highest BCUT2D eigenvalue weighted by atomic mass is 19.1. The normalized spacial score (nSPS) is 14.1. The van der Waals surface area contributed by atoms with Gasteiger partial charge in [0, 0.05) is 31.1 Å². The summed E-state index contributed by atoms with van der Waals surface area (Å²) in [5, 5.41) is 7.36. The fourth-order valence-electron chi connectivity index (χ4n) is 3.87. The van der Waals surface area contributed by atoms with Crippen LogP contribution in [0.2, 0.25) is 0 Å². The summed E-state index contributed by atoms with van der Waals surface area (Å²) in [6.07, 6.45) is 1.26. The number of benzene rings is 2. The van der Waals surface area contributed by atoms with Gasteiger partial charge in [-0.2, -0.15) is 4.68 Å². The van der Waals surface area contributed by atoms with Crippen molar-refractivity contribution in [3.05, 3.63) is 70.8 Å². The molecule has 2 aromatic carbocycles. The van der Waals surface area contributed by atoms with Crippen molar-refractivity contribution in [2.45, 2.75) is 12.8 Å². The topological polar surface area (TPSA) is 85.7 Å². The number of anilines is 2. The molecule has 0 aliphatic carbocycles. The maximum absolute atomic E-state index is 13.6. The number of nitrogens with one attached hydrogen (secondary N) is 1. The van der Waals surface area contributed by atoms with E-state index in [0.717, 1.165) is 0 Å². The van der Waals surface area contributed by atoms with Gasteiger partial charge in [0.05, 0.1) is 25.6 Å². The molecule has 0 unspecified atom stereocenters. The number of rotatable bonds is 6. The Kier molecular flexibility index (Phi) is 6.58. The van der Waals surface area contributed by atoms with E-state index in [2.05, 4.69) is 10.4 Å². The Labute approximate surface area is 190 Å². The highest BCUT2D eigenvalue weighted by Gasteiger charge is 2.26. The zero-order chi connectivity index (χ0) is 23.4. The van der Waals surface area contributed by atoms with Crippen LogP contribution in [0.1, 0.15) is 12.8 Å². The summed E-state index contributed by atoms with van der Waals surface area (Å²) in [5.41, 5.74) is 0.617. The van der Waals surface area contributed by atoms with Crippen LogP contribution in [0.15, 0.2) is 59.4 Å². The minimum Gasteiger partial charge on any atom is -0.497 e. The van der Waals surface area contributed by atoms with Gasteiger partial charge in [-0.1, -0.05) is 6.07 Å². The minimum absolute atomic E-state index is 0.0733. The number of carbonyl (C=O) groups is 1. The van der Waals surface area contributed by atoms with Gasteiger partial charge in [0.2, 0.25) is 5.91 Å². The first-order chi connectivity index (χ1) is 16.0. The third-order valence-corrected chi connectivity index (χ3v) is 5.70. The van der Waals surface area contributed by atoms with E-state index >= 15 is 0 Å². The van der Waals surface area contributed by atoms with Crippen LogP contribution in [0.4, 0.5) is 15.9 Å². The number of hydrogen-bond acceptors (Lipinski definition) is 6. The molecule has 33 heavy (non-hydrogen) atoms. The Morgan fingerprint density at radius 3 is 2.55 bits per heavy atom. The fourth-order valence-corrected chi connectivity index (χ4v) is 3.87. The SMILES string of the molecule is COc1ccc(NC(=O)C2CCN(c3ccc(=O)n(-c4cccc(F)c4)n3)CC2)c(OC)c1. The van der Waals surface area contributed by atoms with Crippen molar-refractivity contribution in [2.75, 3.05) is 37.5 Å². The zero-order valence-corrected chi connectivity index (χ0v) is 18.5. The van der Waals surface area contributed by atoms with E-state index in [1.807, 2.05) is 4.90 Å². The molecule has 0 radical (unpaired) electrons. The number of amides is 1. The van der Waals surface area contributed by atoms with Crippen LogP contribution in [-0.2, 0) is 4.79 Å². The molecule has 0 bridgehead atoms. The molecule has 172 valence electrons. The lowest BCUT2D eigenvalue weighted by molar-refractivity contribution is -0.120. The third-order valence-electron chi connectivity index (χ3n) is 5.70. The van der Waals surface area contributed by atoms with Gasteiger partial charge in [-0.25, -0.2) is 4.39 Å². The number of hydrogen-bond donors (Lipinski definition) is 1. The summed E-state index contributed by atoms with van der Waals surface area (Å²) in [5.74, 6) is 1.11. The summed E-state index contributed by atoms with van der Waals surface area (Å²) in [6, 6.07) is 14.1. The fraction of sp³-hybridized carbons (Fsp3) is 0.292. The van der Waals surface area contributed by atoms with Crippen molar-refractivity contribution in [3.63, 3.8) is 0 Å². The first-order valence-electron chi connectivity index (χ1n) is 10.6. The minimum atomic E-state index is -0.438. The van der Waals surface area contributed by atoms with Gasteiger partial charge in [0.25, 0.3) is 5.56 Å². The van der Waals surface area contributed by atoms with Gasteiger partial charge < -0.3 is 19.7 Å². The quantitative estimate of drug-likeness (QED) is 0.618. The van der Waals surface area contributed by atoms with Crippen molar-refractivity contribution < 1.29 is 18.7 Å². The lowest BCUT2D eigenvalue weighted by atomic mass is 9.95. The number of carbonyl (C=O) groups excluding carboxylic acids is 1. The van der Waals surface area contributed by atoms with Crippen molar-refractivity contribution in [1.82, 2.24) is 9.78 Å². The third kappa shape index (κ3) is 4.97. The van der Waals surface area contributed by atoms with Crippen LogP contribution >= 0.6 is 0 Å². The molecule has 3 aromatic rings. The lowest BCUT2D eigenvalue weighted by Crippen LogP contribution is -2.39. The summed E-state index contributed by atoms with van der Waals surface area (Å²) in [7, 11) is 3.11. The molecular formula is C24H25FN4O4. The van der Waals surface area contributed by atoms with E-state index in [4.69, 9.17) is 9.47 Å². The van der Waals surface area contributed by atoms with Gasteiger partial charge in [-0.05, 0) is 49.2 Å². The highest BCUT2D eigenvalue weighted by Crippen LogP contribution is 2.30. The highest BCUT2D eigenvalue weighted by molar-refractivity contribution is 5.94. The first-order valence-corrected chi connectivity index (χ1v) is 10.6. The van der Waals surface area contributed by atoms with Gasteiger partial charge in [-0.3, -0.25) is 9.59 Å². The molecule has 1 aliphatic heterocycles. The van der Waals surface area contributed by atoms with Crippen LogP contribution in [0.25, 0.3) is 5.69 Å². The van der Waals surface area contributed by atoms with E-state index in [0.29, 0.717) is 54.6 Å². The first kappa shape index (κ1) is 22.3. The monoisotopic (exact) mass is 452 g/mol. The Morgan fingerprint density at radius 2 is 1.85 bits per heavy atom. The number of ether oxygens (including phenoxy) is 2. The molecule has 9 heteroatoms. The molecule has 0 saturated carbocycles. The largest absolute Gasteiger partial charge is 0.497 e. The molecule has 1 aromatic heterocycles. The maximum atomic E-state index is 13.6. The molecule has 1 fully saturated rings. The van der Waals surface area contributed by atoms with Crippen LogP contribution in [-0.4, -0.2) is 43.0 Å².